The highest BCUT2D eigenvalue weighted by Gasteiger charge is 2.16. The van der Waals surface area contributed by atoms with Crippen molar-refractivity contribution in [1.82, 2.24) is 14.9 Å². The first-order valence-electron chi connectivity index (χ1n) is 9.37. The number of carbonyl (C=O) groups is 2. The average molecular weight is 425 g/mol. The molecule has 0 aliphatic carbocycles. The molecule has 0 saturated heterocycles. The molecule has 4 aromatic rings. The number of amides is 1. The first-order valence-corrected chi connectivity index (χ1v) is 10.3. The molecule has 1 atom stereocenters. The Balaban J connectivity index is 1.26. The Hall–Kier alpha value is -3.46. The summed E-state index contributed by atoms with van der Waals surface area (Å²) in [7, 11) is 0. The molecule has 0 bridgehead atoms. The van der Waals surface area contributed by atoms with Crippen LogP contribution in [-0.2, 0) is 20.9 Å². The molecule has 1 amide bonds. The van der Waals surface area contributed by atoms with Crippen LogP contribution in [0.3, 0.4) is 0 Å². The molecule has 1 unspecified atom stereocenters. The summed E-state index contributed by atoms with van der Waals surface area (Å²) in [6.45, 7) is 1.52. The molecule has 0 spiro atoms. The summed E-state index contributed by atoms with van der Waals surface area (Å²) >= 11 is 1.38. The minimum atomic E-state index is -0.571. The fourth-order valence-electron chi connectivity index (χ4n) is 3.05. The summed E-state index contributed by atoms with van der Waals surface area (Å²) in [6.07, 6.45) is 1.37. The van der Waals surface area contributed by atoms with E-state index in [9.17, 15) is 14.4 Å². The average Bonchev–Trinajstić information content (AvgIpc) is 3.39. The number of rotatable bonds is 7. The number of esters is 1. The maximum Gasteiger partial charge on any atom is 0.308 e. The quantitative estimate of drug-likeness (QED) is 0.457. The summed E-state index contributed by atoms with van der Waals surface area (Å²) < 4.78 is 12.1. The zero-order valence-electron chi connectivity index (χ0n) is 16.2. The Morgan fingerprint density at radius 3 is 2.97 bits per heavy atom. The van der Waals surface area contributed by atoms with Crippen molar-refractivity contribution in [2.75, 3.05) is 6.61 Å². The fourth-order valence-corrected chi connectivity index (χ4v) is 3.78. The van der Waals surface area contributed by atoms with E-state index in [0.717, 1.165) is 11.0 Å². The molecule has 3 aromatic heterocycles. The van der Waals surface area contributed by atoms with Gasteiger partial charge in [-0.25, -0.2) is 4.98 Å². The topological polar surface area (TPSA) is 103 Å². The lowest BCUT2D eigenvalue weighted by molar-refractivity contribution is -0.149. The molecule has 0 aliphatic rings. The van der Waals surface area contributed by atoms with Crippen LogP contribution in [0.2, 0.25) is 0 Å². The van der Waals surface area contributed by atoms with Gasteiger partial charge in [-0.05, 0) is 30.5 Å². The van der Waals surface area contributed by atoms with Crippen LogP contribution < -0.4 is 10.9 Å². The van der Waals surface area contributed by atoms with Gasteiger partial charge in [-0.15, -0.1) is 11.3 Å². The molecular formula is C21H19N3O5S. The monoisotopic (exact) mass is 425 g/mol. The van der Waals surface area contributed by atoms with Crippen molar-refractivity contribution < 1.29 is 18.7 Å². The summed E-state index contributed by atoms with van der Waals surface area (Å²) in [5, 5.41) is 6.01. The van der Waals surface area contributed by atoms with Crippen molar-refractivity contribution in [3.8, 4) is 0 Å². The van der Waals surface area contributed by atoms with Gasteiger partial charge in [0, 0.05) is 11.9 Å². The molecular weight excluding hydrogens is 406 g/mol. The number of furan rings is 1. The maximum absolute atomic E-state index is 12.3. The number of aryl methyl sites for hydroxylation is 1. The number of hydrogen-bond donors (Lipinski definition) is 1. The smallest absolute Gasteiger partial charge is 0.308 e. The lowest BCUT2D eigenvalue weighted by atomic mass is 10.2. The molecule has 9 heteroatoms. The molecule has 0 saturated carbocycles. The number of nitrogens with one attached hydrogen (secondary N) is 1. The van der Waals surface area contributed by atoms with E-state index in [0.29, 0.717) is 16.0 Å². The highest BCUT2D eigenvalue weighted by molar-refractivity contribution is 7.16. The van der Waals surface area contributed by atoms with E-state index >= 15 is 0 Å². The highest BCUT2D eigenvalue weighted by atomic mass is 32.1. The van der Waals surface area contributed by atoms with Gasteiger partial charge < -0.3 is 14.5 Å². The summed E-state index contributed by atoms with van der Waals surface area (Å²) in [4.78, 5) is 41.2. The van der Waals surface area contributed by atoms with Gasteiger partial charge in [-0.1, -0.05) is 18.2 Å². The van der Waals surface area contributed by atoms with Gasteiger partial charge in [0.05, 0.1) is 24.2 Å². The van der Waals surface area contributed by atoms with Crippen LogP contribution in [0.4, 0.5) is 0 Å². The summed E-state index contributed by atoms with van der Waals surface area (Å²) in [5.41, 5.74) is 0.539. The van der Waals surface area contributed by atoms with E-state index in [1.54, 1.807) is 18.4 Å². The number of nitrogens with zero attached hydrogens (tertiary/aromatic N) is 2. The molecule has 154 valence electrons. The van der Waals surface area contributed by atoms with Crippen molar-refractivity contribution in [3.63, 3.8) is 0 Å². The number of carbonyl (C=O) groups excluding carboxylic acids is 2. The van der Waals surface area contributed by atoms with Crippen LogP contribution in [0, 0.1) is 0 Å². The number of fused-ring (bicyclic) bond motifs is 2. The number of thiophene rings is 1. The molecule has 0 fully saturated rings. The molecule has 1 aromatic carbocycles. The Kier molecular flexibility index (Phi) is 5.62. The third-order valence-electron chi connectivity index (χ3n) is 4.62. The lowest BCUT2D eigenvalue weighted by Crippen LogP contribution is -2.31. The molecule has 1 N–H and O–H groups in total. The number of para-hydroxylation sites is 1. The van der Waals surface area contributed by atoms with E-state index in [2.05, 4.69) is 10.3 Å². The zero-order valence-corrected chi connectivity index (χ0v) is 17.0. The SMILES string of the molecule is CC(NC(=O)COC(=O)CCn1cnc2sccc2c1=O)c1cc2ccccc2o1. The Morgan fingerprint density at radius 2 is 2.13 bits per heavy atom. The van der Waals surface area contributed by atoms with Crippen molar-refractivity contribution in [2.45, 2.75) is 25.9 Å². The zero-order chi connectivity index (χ0) is 21.1. The number of benzene rings is 1. The van der Waals surface area contributed by atoms with Gasteiger partial charge in [0.2, 0.25) is 0 Å². The van der Waals surface area contributed by atoms with Gasteiger partial charge in [0.25, 0.3) is 11.5 Å². The van der Waals surface area contributed by atoms with E-state index in [-0.39, 0.29) is 24.6 Å². The third kappa shape index (κ3) is 4.25. The largest absolute Gasteiger partial charge is 0.459 e. The summed E-state index contributed by atoms with van der Waals surface area (Å²) in [6, 6.07) is 10.8. The van der Waals surface area contributed by atoms with Crippen LogP contribution in [-0.4, -0.2) is 28.0 Å². The fraction of sp³-hybridized carbons (Fsp3) is 0.238. The minimum absolute atomic E-state index is 0.0381. The van der Waals surface area contributed by atoms with E-state index < -0.39 is 18.5 Å². The molecule has 30 heavy (non-hydrogen) atoms. The second kappa shape index (κ2) is 8.50. The molecule has 0 radical (unpaired) electrons. The highest BCUT2D eigenvalue weighted by Crippen LogP contribution is 2.23. The minimum Gasteiger partial charge on any atom is -0.459 e. The van der Waals surface area contributed by atoms with Crippen molar-refractivity contribution in [2.24, 2.45) is 0 Å². The van der Waals surface area contributed by atoms with Gasteiger partial charge in [0.1, 0.15) is 16.2 Å². The lowest BCUT2D eigenvalue weighted by Gasteiger charge is -2.11. The Bertz CT molecular complexity index is 1240. The normalized spacial score (nSPS) is 12.2. The molecule has 4 rings (SSSR count). The number of ether oxygens (including phenoxy) is 1. The van der Waals surface area contributed by atoms with Crippen molar-refractivity contribution in [1.29, 1.82) is 0 Å². The van der Waals surface area contributed by atoms with Crippen LogP contribution in [0.1, 0.15) is 25.1 Å². The summed E-state index contributed by atoms with van der Waals surface area (Å²) in [5.74, 6) is -0.389. The van der Waals surface area contributed by atoms with Crippen LogP contribution in [0.5, 0.6) is 0 Å². The molecule has 3 heterocycles. The van der Waals surface area contributed by atoms with Gasteiger partial charge in [0.15, 0.2) is 6.61 Å². The van der Waals surface area contributed by atoms with Crippen molar-refractivity contribution in [3.05, 3.63) is 64.2 Å². The van der Waals surface area contributed by atoms with Gasteiger partial charge in [-0.3, -0.25) is 19.0 Å². The van der Waals surface area contributed by atoms with Crippen molar-refractivity contribution >= 4 is 44.4 Å². The standard InChI is InChI=1S/C21H19N3O5S/c1-13(17-10-14-4-2-3-5-16(14)29-17)23-18(25)11-28-19(26)6-8-24-12-22-20-15(21(24)27)7-9-30-20/h2-5,7,9-10,12-13H,6,8,11H2,1H3,(H,23,25). The molecule has 8 nitrogen and oxygen atoms in total. The molecule has 0 aliphatic heterocycles. The first kappa shape index (κ1) is 19.8. The number of hydrogen-bond acceptors (Lipinski definition) is 7. The second-order valence-electron chi connectivity index (χ2n) is 6.77. The Labute approximate surface area is 175 Å². The van der Waals surface area contributed by atoms with Gasteiger partial charge in [-0.2, -0.15) is 0 Å². The van der Waals surface area contributed by atoms with Gasteiger partial charge >= 0.3 is 5.97 Å². The van der Waals surface area contributed by atoms with E-state index in [1.165, 1.54) is 22.2 Å². The predicted octanol–water partition coefficient (Wildman–Crippen LogP) is 3.01. The van der Waals surface area contributed by atoms with E-state index in [1.807, 2.05) is 30.3 Å². The van der Waals surface area contributed by atoms with Crippen LogP contribution in [0.25, 0.3) is 21.2 Å². The number of aromatic nitrogens is 2. The maximum atomic E-state index is 12.3. The van der Waals surface area contributed by atoms with Crippen LogP contribution >= 0.6 is 11.3 Å². The Morgan fingerprint density at radius 1 is 1.30 bits per heavy atom. The van der Waals surface area contributed by atoms with Crippen LogP contribution in [0.15, 0.2) is 57.3 Å². The predicted molar refractivity (Wildman–Crippen MR) is 112 cm³/mol. The third-order valence-corrected chi connectivity index (χ3v) is 5.44. The van der Waals surface area contributed by atoms with E-state index in [4.69, 9.17) is 9.15 Å². The first-order chi connectivity index (χ1) is 14.5. The second-order valence-corrected chi connectivity index (χ2v) is 7.66.